The lowest BCUT2D eigenvalue weighted by Gasteiger charge is -2.03. The van der Waals surface area contributed by atoms with Crippen LogP contribution in [0.3, 0.4) is 0 Å². The summed E-state index contributed by atoms with van der Waals surface area (Å²) in [5.41, 5.74) is 5.63. The van der Waals surface area contributed by atoms with Crippen LogP contribution in [-0.4, -0.2) is 17.1 Å². The van der Waals surface area contributed by atoms with Gasteiger partial charge in [0.2, 0.25) is 0 Å². The molecule has 2 aromatic heterocycles. The van der Waals surface area contributed by atoms with Gasteiger partial charge in [0.1, 0.15) is 5.76 Å². The van der Waals surface area contributed by atoms with Gasteiger partial charge in [-0.1, -0.05) is 47.1 Å². The van der Waals surface area contributed by atoms with E-state index in [0.717, 1.165) is 27.0 Å². The number of amides is 1. The molecule has 0 fully saturated rings. The molecule has 0 atom stereocenters. The molecule has 0 aliphatic rings. The second-order valence-corrected chi connectivity index (χ2v) is 10.5. The number of nitrogens with one attached hydrogen (secondary N) is 2. The fourth-order valence-electron chi connectivity index (χ4n) is 3.21. The standard InChI is InChI=1S/C27H18Cl2N4O2S2/c28-19-5-9-21(10-6-19)31-27-32-24(16-36-27)17-1-3-18(4-2-17)26(34)33-30-15-22-11-14-25(35-22)37-23-12-7-20(29)8-13-23/h1-16H,(H,31,32)(H,33,34)/b30-15-. The van der Waals surface area contributed by atoms with Crippen molar-refractivity contribution < 1.29 is 9.21 Å². The van der Waals surface area contributed by atoms with Crippen LogP contribution in [0.5, 0.6) is 0 Å². The quantitative estimate of drug-likeness (QED) is 0.146. The minimum atomic E-state index is -0.325. The summed E-state index contributed by atoms with van der Waals surface area (Å²) >= 11 is 14.8. The molecule has 0 unspecified atom stereocenters. The molecule has 5 rings (SSSR count). The zero-order valence-electron chi connectivity index (χ0n) is 19.0. The Morgan fingerprint density at radius 1 is 0.919 bits per heavy atom. The molecule has 3 aromatic carbocycles. The Morgan fingerprint density at radius 3 is 2.35 bits per heavy atom. The molecule has 2 heterocycles. The first kappa shape index (κ1) is 25.1. The van der Waals surface area contributed by atoms with Crippen LogP contribution < -0.4 is 10.7 Å². The lowest BCUT2D eigenvalue weighted by Crippen LogP contribution is -2.17. The number of carbonyl (C=O) groups is 1. The van der Waals surface area contributed by atoms with Crippen molar-refractivity contribution in [3.05, 3.63) is 112 Å². The topological polar surface area (TPSA) is 79.5 Å². The number of hydrogen-bond donors (Lipinski definition) is 2. The fourth-order valence-corrected chi connectivity index (χ4v) is 4.98. The molecule has 0 aliphatic carbocycles. The lowest BCUT2D eigenvalue weighted by atomic mass is 10.1. The number of carbonyl (C=O) groups excluding carboxylic acids is 1. The Hall–Kier alpha value is -3.56. The Morgan fingerprint density at radius 2 is 1.62 bits per heavy atom. The van der Waals surface area contributed by atoms with Gasteiger partial charge in [-0.15, -0.1) is 11.3 Å². The molecule has 0 bridgehead atoms. The molecule has 0 saturated heterocycles. The van der Waals surface area contributed by atoms with Crippen LogP contribution in [0.2, 0.25) is 10.0 Å². The zero-order chi connectivity index (χ0) is 25.6. The minimum Gasteiger partial charge on any atom is -0.448 e. The van der Waals surface area contributed by atoms with E-state index in [2.05, 4.69) is 20.8 Å². The second-order valence-electron chi connectivity index (χ2n) is 7.66. The van der Waals surface area contributed by atoms with E-state index in [0.29, 0.717) is 26.5 Å². The minimum absolute atomic E-state index is 0.325. The van der Waals surface area contributed by atoms with E-state index in [9.17, 15) is 4.79 Å². The predicted molar refractivity (Wildman–Crippen MR) is 152 cm³/mol. The zero-order valence-corrected chi connectivity index (χ0v) is 22.2. The van der Waals surface area contributed by atoms with E-state index in [4.69, 9.17) is 27.6 Å². The summed E-state index contributed by atoms with van der Waals surface area (Å²) in [7, 11) is 0. The number of aromatic nitrogens is 1. The van der Waals surface area contributed by atoms with Crippen LogP contribution in [0.4, 0.5) is 10.8 Å². The van der Waals surface area contributed by atoms with E-state index in [1.807, 2.05) is 72.1 Å². The molecule has 2 N–H and O–H groups in total. The molecule has 37 heavy (non-hydrogen) atoms. The molecular weight excluding hydrogens is 547 g/mol. The normalized spacial score (nSPS) is 11.1. The van der Waals surface area contributed by atoms with Crippen molar-refractivity contribution in [1.29, 1.82) is 0 Å². The first-order valence-corrected chi connectivity index (χ1v) is 13.4. The predicted octanol–water partition coefficient (Wildman–Crippen LogP) is 8.37. The molecule has 0 spiro atoms. The Kier molecular flexibility index (Phi) is 7.91. The number of thiazole rings is 1. The number of hydrazone groups is 1. The third-order valence-corrected chi connectivity index (χ3v) is 7.22. The summed E-state index contributed by atoms with van der Waals surface area (Å²) in [6.07, 6.45) is 1.46. The molecule has 184 valence electrons. The second kappa shape index (κ2) is 11.7. The summed E-state index contributed by atoms with van der Waals surface area (Å²) in [4.78, 5) is 18.1. The lowest BCUT2D eigenvalue weighted by molar-refractivity contribution is 0.0955. The van der Waals surface area contributed by atoms with E-state index >= 15 is 0 Å². The van der Waals surface area contributed by atoms with Crippen molar-refractivity contribution in [3.63, 3.8) is 0 Å². The van der Waals surface area contributed by atoms with Crippen molar-refractivity contribution in [2.24, 2.45) is 5.10 Å². The Labute approximate surface area is 231 Å². The highest BCUT2D eigenvalue weighted by atomic mass is 35.5. The highest BCUT2D eigenvalue weighted by molar-refractivity contribution is 7.99. The third-order valence-electron chi connectivity index (χ3n) is 5.03. The Balaban J connectivity index is 1.15. The van der Waals surface area contributed by atoms with Gasteiger partial charge in [-0.05, 0) is 72.8 Å². The van der Waals surface area contributed by atoms with Crippen molar-refractivity contribution in [1.82, 2.24) is 10.4 Å². The highest BCUT2D eigenvalue weighted by Gasteiger charge is 2.09. The van der Waals surface area contributed by atoms with Crippen LogP contribution in [-0.2, 0) is 0 Å². The number of halogens is 2. The van der Waals surface area contributed by atoms with Gasteiger partial charge in [-0.3, -0.25) is 4.79 Å². The number of hydrogen-bond acceptors (Lipinski definition) is 7. The van der Waals surface area contributed by atoms with Gasteiger partial charge in [-0.25, -0.2) is 10.4 Å². The van der Waals surface area contributed by atoms with Crippen LogP contribution in [0.1, 0.15) is 16.1 Å². The van der Waals surface area contributed by atoms with Crippen LogP contribution in [0, 0.1) is 0 Å². The first-order valence-electron chi connectivity index (χ1n) is 11.0. The summed E-state index contributed by atoms with van der Waals surface area (Å²) in [6.45, 7) is 0. The summed E-state index contributed by atoms with van der Waals surface area (Å²) in [6, 6.07) is 25.7. The van der Waals surface area contributed by atoms with Gasteiger partial charge < -0.3 is 9.73 Å². The SMILES string of the molecule is O=C(N/N=C\c1ccc(Sc2ccc(Cl)cc2)o1)c1ccc(-c2csc(Nc3ccc(Cl)cc3)n2)cc1. The van der Waals surface area contributed by atoms with E-state index in [1.165, 1.54) is 29.3 Å². The van der Waals surface area contributed by atoms with Gasteiger partial charge in [0.15, 0.2) is 10.2 Å². The molecule has 10 heteroatoms. The van der Waals surface area contributed by atoms with Gasteiger partial charge >= 0.3 is 0 Å². The molecule has 0 radical (unpaired) electrons. The number of furan rings is 1. The largest absolute Gasteiger partial charge is 0.448 e. The Bertz CT molecular complexity index is 1530. The smallest absolute Gasteiger partial charge is 0.271 e. The summed E-state index contributed by atoms with van der Waals surface area (Å²) in [5.74, 6) is 0.201. The molecular formula is C27H18Cl2N4O2S2. The number of rotatable bonds is 8. The van der Waals surface area contributed by atoms with Crippen molar-refractivity contribution in [2.75, 3.05) is 5.32 Å². The molecule has 0 saturated carbocycles. The maximum atomic E-state index is 12.5. The monoisotopic (exact) mass is 564 g/mol. The first-order chi connectivity index (χ1) is 18.0. The van der Waals surface area contributed by atoms with Crippen LogP contribution in [0.15, 0.2) is 110 Å². The maximum Gasteiger partial charge on any atom is 0.271 e. The van der Waals surface area contributed by atoms with Gasteiger partial charge in [-0.2, -0.15) is 5.10 Å². The van der Waals surface area contributed by atoms with Crippen molar-refractivity contribution >= 4 is 69.2 Å². The average Bonchev–Trinajstić information content (AvgIpc) is 3.56. The maximum absolute atomic E-state index is 12.5. The number of anilines is 2. The van der Waals surface area contributed by atoms with Crippen molar-refractivity contribution in [3.8, 4) is 11.3 Å². The average molecular weight is 566 g/mol. The fraction of sp³-hybridized carbons (Fsp3) is 0. The van der Waals surface area contributed by atoms with Crippen LogP contribution in [0.25, 0.3) is 11.3 Å². The van der Waals surface area contributed by atoms with Crippen LogP contribution >= 0.6 is 46.3 Å². The highest BCUT2D eigenvalue weighted by Crippen LogP contribution is 2.30. The van der Waals surface area contributed by atoms with Crippen molar-refractivity contribution in [2.45, 2.75) is 9.99 Å². The van der Waals surface area contributed by atoms with Gasteiger partial charge in [0, 0.05) is 37.1 Å². The summed E-state index contributed by atoms with van der Waals surface area (Å²) < 4.78 is 5.73. The molecule has 5 aromatic rings. The number of nitrogens with zero attached hydrogens (tertiary/aromatic N) is 2. The number of benzene rings is 3. The third kappa shape index (κ3) is 6.81. The summed E-state index contributed by atoms with van der Waals surface area (Å²) in [5, 5.41) is 12.1. The van der Waals surface area contributed by atoms with E-state index < -0.39 is 0 Å². The molecule has 6 nitrogen and oxygen atoms in total. The molecule has 1 amide bonds. The van der Waals surface area contributed by atoms with Gasteiger partial charge in [0.25, 0.3) is 5.91 Å². The molecule has 0 aliphatic heterocycles. The van der Waals surface area contributed by atoms with E-state index in [-0.39, 0.29) is 5.91 Å². The van der Waals surface area contributed by atoms with E-state index in [1.54, 1.807) is 18.2 Å². The van der Waals surface area contributed by atoms with Gasteiger partial charge in [0.05, 0.1) is 11.9 Å².